The van der Waals surface area contributed by atoms with Crippen LogP contribution in [0.3, 0.4) is 0 Å². The predicted molar refractivity (Wildman–Crippen MR) is 154 cm³/mol. The van der Waals surface area contributed by atoms with Gasteiger partial charge >= 0.3 is 12.1 Å². The van der Waals surface area contributed by atoms with Crippen LogP contribution >= 0.6 is 34.5 Å². The maximum Gasteiger partial charge on any atom is 0.404 e. The van der Waals surface area contributed by atoms with Gasteiger partial charge in [0.25, 0.3) is 5.91 Å². The number of rotatable bonds is 12. The van der Waals surface area contributed by atoms with Crippen molar-refractivity contribution in [2.45, 2.75) is 76.6 Å². The second-order valence-electron chi connectivity index (χ2n) is 10.7. The van der Waals surface area contributed by atoms with Crippen LogP contribution in [-0.4, -0.2) is 61.2 Å². The van der Waals surface area contributed by atoms with Crippen molar-refractivity contribution in [2.75, 3.05) is 7.11 Å². The number of benzene rings is 1. The van der Waals surface area contributed by atoms with E-state index in [2.05, 4.69) is 15.8 Å². The van der Waals surface area contributed by atoms with Crippen molar-refractivity contribution in [1.82, 2.24) is 20.6 Å². The zero-order valence-electron chi connectivity index (χ0n) is 23.9. The van der Waals surface area contributed by atoms with Crippen molar-refractivity contribution in [3.8, 4) is 10.4 Å². The molecule has 1 heterocycles. The van der Waals surface area contributed by atoms with Crippen LogP contribution in [-0.2, 0) is 30.8 Å². The largest absolute Gasteiger partial charge is 0.481 e. The number of carbonyl (C=O) groups excluding carboxylic acids is 2. The normalized spacial score (nSPS) is 13.5. The average Bonchev–Trinajstić information content (AvgIpc) is 3.28. The lowest BCUT2D eigenvalue weighted by molar-refractivity contribution is -0.151. The smallest absolute Gasteiger partial charge is 0.404 e. The summed E-state index contributed by atoms with van der Waals surface area (Å²) in [5.41, 5.74) is 2.53. The van der Waals surface area contributed by atoms with Gasteiger partial charge in [-0.15, -0.1) is 11.3 Å². The number of thiazole rings is 1. The van der Waals surface area contributed by atoms with Crippen LogP contribution in [0.15, 0.2) is 17.0 Å². The summed E-state index contributed by atoms with van der Waals surface area (Å²) in [6.45, 7) is 7.32. The topological polar surface area (TPSA) is 164 Å². The summed E-state index contributed by atoms with van der Waals surface area (Å²) in [4.78, 5) is 40.3. The lowest BCUT2D eigenvalue weighted by Gasteiger charge is -2.22. The van der Waals surface area contributed by atoms with Crippen molar-refractivity contribution >= 4 is 62.3 Å². The first-order valence-corrected chi connectivity index (χ1v) is 15.6. The molecule has 11 nitrogen and oxygen atoms in total. The molecule has 0 spiro atoms. The third kappa shape index (κ3) is 9.25. The van der Waals surface area contributed by atoms with E-state index in [0.29, 0.717) is 0 Å². The molecule has 2 amide bonds. The molecule has 1 aromatic heterocycles. The minimum atomic E-state index is -4.84. The minimum Gasteiger partial charge on any atom is -0.481 e. The van der Waals surface area contributed by atoms with Crippen LogP contribution in [0.25, 0.3) is 10.4 Å². The van der Waals surface area contributed by atoms with E-state index in [1.165, 1.54) is 33.9 Å². The SMILES string of the molecule is CCC(NS(=O)(=O)c1ccc(-c2sc(C(=O)NNC(=O)CC(C)(C)C(=O)O)nc2CC(C)(C)OC)c(Cl)c1Cl)C(F)(F)F. The van der Waals surface area contributed by atoms with Crippen LogP contribution < -0.4 is 15.6 Å². The Bertz CT molecular complexity index is 1500. The molecule has 0 bridgehead atoms. The molecule has 240 valence electrons. The second-order valence-corrected chi connectivity index (χ2v) is 14.1. The minimum absolute atomic E-state index is 0.126. The van der Waals surface area contributed by atoms with Gasteiger partial charge in [-0.1, -0.05) is 36.2 Å². The highest BCUT2D eigenvalue weighted by Gasteiger charge is 2.41. The summed E-state index contributed by atoms with van der Waals surface area (Å²) in [5.74, 6) is -2.83. The molecule has 2 aromatic rings. The zero-order chi connectivity index (χ0) is 33.1. The molecule has 43 heavy (non-hydrogen) atoms. The number of amides is 2. The van der Waals surface area contributed by atoms with E-state index in [-0.39, 0.29) is 32.6 Å². The molecule has 0 aliphatic carbocycles. The highest BCUT2D eigenvalue weighted by molar-refractivity contribution is 7.89. The van der Waals surface area contributed by atoms with Crippen molar-refractivity contribution in [1.29, 1.82) is 0 Å². The number of carboxylic acids is 1. The lowest BCUT2D eigenvalue weighted by Crippen LogP contribution is -2.44. The van der Waals surface area contributed by atoms with Crippen LogP contribution in [0.4, 0.5) is 13.2 Å². The molecule has 0 radical (unpaired) electrons. The number of hydrogen-bond acceptors (Lipinski definition) is 8. The Kier molecular flexibility index (Phi) is 11.6. The summed E-state index contributed by atoms with van der Waals surface area (Å²) in [6.07, 6.45) is -5.71. The number of alkyl halides is 3. The number of hydrazine groups is 1. The third-order valence-corrected chi connectivity index (χ3v) is 9.85. The third-order valence-electron chi connectivity index (χ3n) is 6.22. The molecule has 0 aliphatic heterocycles. The van der Waals surface area contributed by atoms with Crippen LogP contribution in [0, 0.1) is 5.41 Å². The Labute approximate surface area is 260 Å². The quantitative estimate of drug-likeness (QED) is 0.227. The van der Waals surface area contributed by atoms with E-state index < -0.39 is 73.8 Å². The van der Waals surface area contributed by atoms with E-state index in [0.717, 1.165) is 17.4 Å². The molecule has 1 unspecified atom stereocenters. The number of aliphatic carboxylic acids is 1. The molecule has 18 heteroatoms. The van der Waals surface area contributed by atoms with Gasteiger partial charge in [0.2, 0.25) is 15.9 Å². The molecule has 1 atom stereocenters. The molecule has 0 saturated carbocycles. The summed E-state index contributed by atoms with van der Waals surface area (Å²) in [6, 6.07) is -0.136. The van der Waals surface area contributed by atoms with Crippen molar-refractivity contribution in [3.05, 3.63) is 32.9 Å². The molecule has 0 fully saturated rings. The van der Waals surface area contributed by atoms with Gasteiger partial charge in [0.05, 0.1) is 31.6 Å². The van der Waals surface area contributed by atoms with Gasteiger partial charge < -0.3 is 9.84 Å². The molecule has 0 saturated heterocycles. The number of sulfonamides is 1. The number of nitrogens with one attached hydrogen (secondary N) is 3. The number of hydrogen-bond donors (Lipinski definition) is 4. The second kappa shape index (κ2) is 13.6. The number of nitrogens with zero attached hydrogens (tertiary/aromatic N) is 1. The number of halogens is 5. The first kappa shape index (κ1) is 36.7. The number of carboxylic acid groups (broad SMARTS) is 1. The van der Waals surface area contributed by atoms with Gasteiger partial charge in [-0.3, -0.25) is 25.2 Å². The van der Waals surface area contributed by atoms with Crippen molar-refractivity contribution < 1.29 is 45.8 Å². The van der Waals surface area contributed by atoms with Gasteiger partial charge in [0, 0.05) is 25.5 Å². The monoisotopic (exact) mass is 690 g/mol. The van der Waals surface area contributed by atoms with Gasteiger partial charge in [-0.05, 0) is 40.2 Å². The van der Waals surface area contributed by atoms with E-state index >= 15 is 0 Å². The highest BCUT2D eigenvalue weighted by Crippen LogP contribution is 2.42. The molecule has 1 aromatic carbocycles. The summed E-state index contributed by atoms with van der Waals surface area (Å²) < 4.78 is 72.4. The van der Waals surface area contributed by atoms with Gasteiger partial charge in [-0.2, -0.15) is 17.9 Å². The summed E-state index contributed by atoms with van der Waals surface area (Å²) >= 11 is 13.5. The standard InChI is InChI=1S/C25H31Cl2F3N4O7S2/c1-7-15(25(28,29)30)34-43(39,40)14-9-8-12(17(26)18(14)27)19-13(10-24(4,5)41-6)31-21(42-19)20(36)33-32-16(35)11-23(2,3)22(37)38/h8-9,15,34H,7,10-11H2,1-6H3,(H,32,35)(H,33,36)(H,37,38). The Hall–Kier alpha value is -2.50. The van der Waals surface area contributed by atoms with Crippen LogP contribution in [0.2, 0.25) is 10.0 Å². The zero-order valence-corrected chi connectivity index (χ0v) is 27.0. The summed E-state index contributed by atoms with van der Waals surface area (Å²) in [7, 11) is -3.30. The first-order chi connectivity index (χ1) is 19.6. The fourth-order valence-electron chi connectivity index (χ4n) is 3.50. The van der Waals surface area contributed by atoms with Crippen LogP contribution in [0.1, 0.15) is 63.0 Å². The number of ether oxygens (including phenoxy) is 1. The molecular formula is C25H31Cl2F3N4O7S2. The first-order valence-electron chi connectivity index (χ1n) is 12.5. The average molecular weight is 692 g/mol. The van der Waals surface area contributed by atoms with Crippen molar-refractivity contribution in [2.24, 2.45) is 5.41 Å². The Balaban J connectivity index is 2.49. The van der Waals surface area contributed by atoms with E-state index in [4.69, 9.17) is 27.9 Å². The van der Waals surface area contributed by atoms with E-state index in [1.807, 2.05) is 0 Å². The molecule has 2 rings (SSSR count). The molecule has 0 aliphatic rings. The fraction of sp³-hybridized carbons (Fsp3) is 0.520. The van der Waals surface area contributed by atoms with Gasteiger partial charge in [0.15, 0.2) is 5.01 Å². The Morgan fingerprint density at radius 1 is 1.09 bits per heavy atom. The number of methoxy groups -OCH3 is 1. The lowest BCUT2D eigenvalue weighted by atomic mass is 9.89. The highest BCUT2D eigenvalue weighted by atomic mass is 35.5. The van der Waals surface area contributed by atoms with Crippen LogP contribution in [0.5, 0.6) is 0 Å². The molecular weight excluding hydrogens is 660 g/mol. The maximum absolute atomic E-state index is 13.2. The van der Waals surface area contributed by atoms with E-state index in [9.17, 15) is 41.1 Å². The fourth-order valence-corrected chi connectivity index (χ4v) is 6.74. The van der Waals surface area contributed by atoms with E-state index in [1.54, 1.807) is 18.6 Å². The maximum atomic E-state index is 13.2. The Morgan fingerprint density at radius 2 is 1.70 bits per heavy atom. The number of aromatic nitrogens is 1. The molecule has 4 N–H and O–H groups in total. The van der Waals surface area contributed by atoms with Gasteiger partial charge in [0.1, 0.15) is 10.9 Å². The predicted octanol–water partition coefficient (Wildman–Crippen LogP) is 4.97. The van der Waals surface area contributed by atoms with Gasteiger partial charge in [-0.25, -0.2) is 13.4 Å². The Morgan fingerprint density at radius 3 is 2.21 bits per heavy atom. The number of carbonyl (C=O) groups is 3. The summed E-state index contributed by atoms with van der Waals surface area (Å²) in [5, 5.41) is 8.17. The van der Waals surface area contributed by atoms with Crippen molar-refractivity contribution in [3.63, 3.8) is 0 Å².